The Morgan fingerprint density at radius 2 is 2.09 bits per heavy atom. The molecule has 0 unspecified atom stereocenters. The Bertz CT molecular complexity index is 309. The van der Waals surface area contributed by atoms with Gasteiger partial charge in [0.05, 0.1) is 11.3 Å². The lowest BCUT2D eigenvalue weighted by molar-refractivity contribution is 0.0961. The number of hydrogen-bond donors (Lipinski definition) is 0. The summed E-state index contributed by atoms with van der Waals surface area (Å²) in [5, 5.41) is 1.59. The van der Waals surface area contributed by atoms with Gasteiger partial charge in [0.15, 0.2) is 0 Å². The average Bonchev–Trinajstić information content (AvgIpc) is 2.30. The highest BCUT2D eigenvalue weighted by molar-refractivity contribution is 6.04. The number of anilines is 1. The second-order valence-electron chi connectivity index (χ2n) is 2.45. The fourth-order valence-electron chi connectivity index (χ4n) is 1.18. The summed E-state index contributed by atoms with van der Waals surface area (Å²) < 4.78 is 0. The highest BCUT2D eigenvalue weighted by Gasteiger charge is 2.24. The SMILES string of the molecule is CN1[N]C(=O)c2ccccc21. The number of hydrogen-bond acceptors (Lipinski definition) is 2. The molecule has 1 radical (unpaired) electrons. The van der Waals surface area contributed by atoms with Gasteiger partial charge in [-0.3, -0.25) is 9.80 Å². The molecule has 0 fully saturated rings. The lowest BCUT2D eigenvalue weighted by atomic mass is 10.2. The summed E-state index contributed by atoms with van der Waals surface area (Å²) >= 11 is 0. The first kappa shape index (κ1) is 6.22. The molecule has 1 heterocycles. The zero-order chi connectivity index (χ0) is 7.84. The molecule has 1 aromatic rings. The summed E-state index contributed by atoms with van der Waals surface area (Å²) in [6.45, 7) is 0. The van der Waals surface area contributed by atoms with Crippen LogP contribution in [0.1, 0.15) is 10.4 Å². The quantitative estimate of drug-likeness (QED) is 0.544. The van der Waals surface area contributed by atoms with Crippen molar-refractivity contribution in [1.82, 2.24) is 5.43 Å². The molecule has 11 heavy (non-hydrogen) atoms. The van der Waals surface area contributed by atoms with Crippen molar-refractivity contribution >= 4 is 11.6 Å². The number of nitrogens with zero attached hydrogens (tertiary/aromatic N) is 2. The third-order valence-electron chi connectivity index (χ3n) is 1.72. The molecule has 0 aliphatic carbocycles. The van der Waals surface area contributed by atoms with E-state index in [9.17, 15) is 4.79 Å². The van der Waals surface area contributed by atoms with Crippen LogP contribution in [0.2, 0.25) is 0 Å². The Morgan fingerprint density at radius 1 is 1.36 bits per heavy atom. The first-order valence-corrected chi connectivity index (χ1v) is 3.38. The number of rotatable bonds is 0. The third kappa shape index (κ3) is 0.774. The maximum Gasteiger partial charge on any atom is 0.295 e. The second-order valence-corrected chi connectivity index (χ2v) is 2.45. The Morgan fingerprint density at radius 3 is 2.82 bits per heavy atom. The summed E-state index contributed by atoms with van der Waals surface area (Å²) in [4.78, 5) is 11.1. The molecule has 1 aliphatic heterocycles. The largest absolute Gasteiger partial charge is 0.295 e. The lowest BCUT2D eigenvalue weighted by Gasteiger charge is -2.06. The van der Waals surface area contributed by atoms with Gasteiger partial charge in [-0.25, -0.2) is 0 Å². The van der Waals surface area contributed by atoms with Crippen molar-refractivity contribution in [3.05, 3.63) is 29.8 Å². The Kier molecular flexibility index (Phi) is 1.12. The molecule has 1 amide bonds. The van der Waals surface area contributed by atoms with Gasteiger partial charge < -0.3 is 0 Å². The third-order valence-corrected chi connectivity index (χ3v) is 1.72. The van der Waals surface area contributed by atoms with E-state index in [1.54, 1.807) is 18.1 Å². The molecule has 1 aromatic carbocycles. The van der Waals surface area contributed by atoms with Crippen LogP contribution in [-0.4, -0.2) is 13.0 Å². The van der Waals surface area contributed by atoms with E-state index in [1.807, 2.05) is 18.2 Å². The molecule has 0 spiro atoms. The molecule has 1 aliphatic rings. The van der Waals surface area contributed by atoms with E-state index in [4.69, 9.17) is 0 Å². The normalized spacial score (nSPS) is 14.6. The maximum absolute atomic E-state index is 11.1. The maximum atomic E-state index is 11.1. The molecule has 2 rings (SSSR count). The fourth-order valence-corrected chi connectivity index (χ4v) is 1.18. The van der Waals surface area contributed by atoms with Gasteiger partial charge in [0.1, 0.15) is 0 Å². The summed E-state index contributed by atoms with van der Waals surface area (Å²) in [6.07, 6.45) is 0. The zero-order valence-corrected chi connectivity index (χ0v) is 6.11. The number of benzene rings is 1. The van der Waals surface area contributed by atoms with Crippen molar-refractivity contribution in [1.29, 1.82) is 0 Å². The fraction of sp³-hybridized carbons (Fsp3) is 0.125. The predicted octanol–water partition coefficient (Wildman–Crippen LogP) is 0.796. The van der Waals surface area contributed by atoms with Crippen LogP contribution in [0.4, 0.5) is 5.69 Å². The minimum Gasteiger partial charge on any atom is -0.265 e. The monoisotopic (exact) mass is 147 g/mol. The van der Waals surface area contributed by atoms with Crippen molar-refractivity contribution in [3.8, 4) is 0 Å². The number of carbonyl (C=O) groups excluding carboxylic acids is 1. The first-order chi connectivity index (χ1) is 5.29. The number of para-hydroxylation sites is 1. The van der Waals surface area contributed by atoms with Gasteiger partial charge in [-0.1, -0.05) is 12.1 Å². The standard InChI is InChI=1S/C8H7N2O/c1-10-7-5-3-2-4-6(7)8(11)9-10/h2-5H,1H3. The van der Waals surface area contributed by atoms with Gasteiger partial charge in [0.25, 0.3) is 5.91 Å². The van der Waals surface area contributed by atoms with E-state index in [-0.39, 0.29) is 5.91 Å². The van der Waals surface area contributed by atoms with E-state index in [2.05, 4.69) is 5.43 Å². The van der Waals surface area contributed by atoms with E-state index >= 15 is 0 Å². The lowest BCUT2D eigenvalue weighted by Crippen LogP contribution is -2.23. The van der Waals surface area contributed by atoms with Crippen molar-refractivity contribution in [2.24, 2.45) is 0 Å². The summed E-state index contributed by atoms with van der Waals surface area (Å²) in [5.74, 6) is -0.150. The van der Waals surface area contributed by atoms with Crippen LogP contribution in [0.3, 0.4) is 0 Å². The number of carbonyl (C=O) groups is 1. The average molecular weight is 147 g/mol. The van der Waals surface area contributed by atoms with Crippen LogP contribution in [0, 0.1) is 0 Å². The van der Waals surface area contributed by atoms with E-state index in [0.29, 0.717) is 5.56 Å². The van der Waals surface area contributed by atoms with Crippen molar-refractivity contribution < 1.29 is 4.79 Å². The van der Waals surface area contributed by atoms with Gasteiger partial charge >= 0.3 is 0 Å². The minimum atomic E-state index is -0.150. The summed E-state index contributed by atoms with van der Waals surface area (Å²) in [5.41, 5.74) is 5.33. The van der Waals surface area contributed by atoms with Crippen LogP contribution < -0.4 is 10.4 Å². The van der Waals surface area contributed by atoms with Gasteiger partial charge in [-0.05, 0) is 12.1 Å². The van der Waals surface area contributed by atoms with Gasteiger partial charge in [0.2, 0.25) is 0 Å². The van der Waals surface area contributed by atoms with Gasteiger partial charge in [-0.2, -0.15) is 0 Å². The first-order valence-electron chi connectivity index (χ1n) is 3.38. The van der Waals surface area contributed by atoms with Crippen LogP contribution >= 0.6 is 0 Å². The van der Waals surface area contributed by atoms with E-state index in [1.165, 1.54) is 0 Å². The highest BCUT2D eigenvalue weighted by Crippen LogP contribution is 2.23. The Labute approximate surface area is 64.6 Å². The van der Waals surface area contributed by atoms with Crippen LogP contribution in [-0.2, 0) is 0 Å². The molecule has 0 atom stereocenters. The molecule has 55 valence electrons. The smallest absolute Gasteiger partial charge is 0.265 e. The molecule has 0 aromatic heterocycles. The van der Waals surface area contributed by atoms with Crippen LogP contribution in [0.5, 0.6) is 0 Å². The number of amides is 1. The van der Waals surface area contributed by atoms with E-state index in [0.717, 1.165) is 5.69 Å². The highest BCUT2D eigenvalue weighted by atomic mass is 16.2. The molecular formula is C8H7N2O. The molecule has 3 heteroatoms. The van der Waals surface area contributed by atoms with Gasteiger partial charge in [-0.15, -0.1) is 5.43 Å². The molecule has 0 bridgehead atoms. The van der Waals surface area contributed by atoms with E-state index < -0.39 is 0 Å². The molecule has 0 saturated heterocycles. The predicted molar refractivity (Wildman–Crippen MR) is 41.3 cm³/mol. The zero-order valence-electron chi connectivity index (χ0n) is 6.11. The summed E-state index contributed by atoms with van der Waals surface area (Å²) in [7, 11) is 1.77. The molecule has 3 nitrogen and oxygen atoms in total. The van der Waals surface area contributed by atoms with Crippen molar-refractivity contribution in [2.75, 3.05) is 12.1 Å². The summed E-state index contributed by atoms with van der Waals surface area (Å²) in [6, 6.07) is 7.39. The molecule has 0 saturated carbocycles. The van der Waals surface area contributed by atoms with Crippen molar-refractivity contribution in [3.63, 3.8) is 0 Å². The Balaban J connectivity index is 2.60. The second kappa shape index (κ2) is 1.99. The van der Waals surface area contributed by atoms with Crippen molar-refractivity contribution in [2.45, 2.75) is 0 Å². The number of fused-ring (bicyclic) bond motifs is 1. The minimum absolute atomic E-state index is 0.150. The van der Waals surface area contributed by atoms with Gasteiger partial charge in [0, 0.05) is 7.05 Å². The van der Waals surface area contributed by atoms with Crippen LogP contribution in [0.25, 0.3) is 0 Å². The molecule has 0 N–H and O–H groups in total. The topological polar surface area (TPSA) is 34.4 Å². The molecular weight excluding hydrogens is 140 g/mol. The Hall–Kier alpha value is -1.51. The van der Waals surface area contributed by atoms with Crippen LogP contribution in [0.15, 0.2) is 24.3 Å².